The second-order valence-corrected chi connectivity index (χ2v) is 7.01. The summed E-state index contributed by atoms with van der Waals surface area (Å²) in [5.41, 5.74) is 0. The SMILES string of the molecule is CCN(/C=C/C=C(\C(=O)C1CO1)S(=O)(=O)c1ccccc1)CC. The van der Waals surface area contributed by atoms with E-state index in [0.717, 1.165) is 13.1 Å². The first-order valence-corrected chi connectivity index (χ1v) is 9.07. The number of epoxide rings is 1. The summed E-state index contributed by atoms with van der Waals surface area (Å²) in [6, 6.07) is 7.97. The summed E-state index contributed by atoms with van der Waals surface area (Å²) in [5.74, 6) is -0.488. The fourth-order valence-electron chi connectivity index (χ4n) is 2.08. The lowest BCUT2D eigenvalue weighted by atomic mass is 10.2. The van der Waals surface area contributed by atoms with Gasteiger partial charge in [-0.2, -0.15) is 0 Å². The van der Waals surface area contributed by atoms with E-state index in [2.05, 4.69) is 0 Å². The number of ketones is 1. The molecule has 1 aromatic rings. The van der Waals surface area contributed by atoms with Crippen LogP contribution in [0.3, 0.4) is 0 Å². The highest BCUT2D eigenvalue weighted by molar-refractivity contribution is 7.96. The van der Waals surface area contributed by atoms with Gasteiger partial charge < -0.3 is 9.64 Å². The third-order valence-corrected chi connectivity index (χ3v) is 5.38. The smallest absolute Gasteiger partial charge is 0.210 e. The van der Waals surface area contributed by atoms with Gasteiger partial charge in [0.1, 0.15) is 11.0 Å². The van der Waals surface area contributed by atoms with Gasteiger partial charge in [0.15, 0.2) is 0 Å². The van der Waals surface area contributed by atoms with Crippen LogP contribution < -0.4 is 0 Å². The molecule has 0 saturated carbocycles. The molecular formula is C17H21NO4S. The van der Waals surface area contributed by atoms with Crippen molar-refractivity contribution in [3.63, 3.8) is 0 Å². The van der Waals surface area contributed by atoms with E-state index in [-0.39, 0.29) is 16.4 Å². The van der Waals surface area contributed by atoms with E-state index in [4.69, 9.17) is 4.74 Å². The Kier molecular flexibility index (Phi) is 5.74. The van der Waals surface area contributed by atoms with Crippen molar-refractivity contribution in [2.24, 2.45) is 0 Å². The lowest BCUT2D eigenvalue weighted by molar-refractivity contribution is -0.116. The van der Waals surface area contributed by atoms with Crippen molar-refractivity contribution in [3.05, 3.63) is 53.6 Å². The van der Waals surface area contributed by atoms with E-state index in [9.17, 15) is 13.2 Å². The number of carbonyl (C=O) groups is 1. The third-order valence-electron chi connectivity index (χ3n) is 3.57. The van der Waals surface area contributed by atoms with Crippen molar-refractivity contribution in [3.8, 4) is 0 Å². The van der Waals surface area contributed by atoms with Crippen molar-refractivity contribution >= 4 is 15.6 Å². The van der Waals surface area contributed by atoms with Crippen LogP contribution in [0.1, 0.15) is 13.8 Å². The molecule has 1 fully saturated rings. The van der Waals surface area contributed by atoms with Crippen molar-refractivity contribution in [1.29, 1.82) is 0 Å². The minimum absolute atomic E-state index is 0.108. The Morgan fingerprint density at radius 1 is 1.26 bits per heavy atom. The topological polar surface area (TPSA) is 67.0 Å². The van der Waals surface area contributed by atoms with Crippen LogP contribution in [0.4, 0.5) is 0 Å². The van der Waals surface area contributed by atoms with E-state index >= 15 is 0 Å². The molecule has 0 amide bonds. The molecule has 0 bridgehead atoms. The van der Waals surface area contributed by atoms with E-state index < -0.39 is 21.7 Å². The monoisotopic (exact) mass is 335 g/mol. The second-order valence-electron chi connectivity index (χ2n) is 5.10. The molecular weight excluding hydrogens is 314 g/mol. The molecule has 1 unspecified atom stereocenters. The van der Waals surface area contributed by atoms with Crippen LogP contribution in [-0.4, -0.2) is 44.9 Å². The third kappa shape index (κ3) is 4.30. The predicted octanol–water partition coefficient (Wildman–Crippen LogP) is 2.17. The highest BCUT2D eigenvalue weighted by Crippen LogP contribution is 2.25. The van der Waals surface area contributed by atoms with Gasteiger partial charge in [-0.25, -0.2) is 8.42 Å². The Morgan fingerprint density at radius 3 is 2.39 bits per heavy atom. The van der Waals surface area contributed by atoms with Gasteiger partial charge in [-0.05, 0) is 44.3 Å². The van der Waals surface area contributed by atoms with Crippen molar-refractivity contribution in [2.75, 3.05) is 19.7 Å². The molecule has 1 atom stereocenters. The lowest BCUT2D eigenvalue weighted by Gasteiger charge is -2.14. The summed E-state index contributed by atoms with van der Waals surface area (Å²) in [5, 5.41) is 0. The van der Waals surface area contributed by atoms with E-state index in [1.54, 1.807) is 30.5 Å². The number of benzene rings is 1. The predicted molar refractivity (Wildman–Crippen MR) is 88.5 cm³/mol. The van der Waals surface area contributed by atoms with Gasteiger partial charge in [0, 0.05) is 13.1 Å². The zero-order valence-corrected chi connectivity index (χ0v) is 14.1. The molecule has 0 N–H and O–H groups in total. The molecule has 1 heterocycles. The maximum absolute atomic E-state index is 12.7. The Bertz CT molecular complexity index is 699. The van der Waals surface area contributed by atoms with Gasteiger partial charge in [-0.3, -0.25) is 4.79 Å². The summed E-state index contributed by atoms with van der Waals surface area (Å²) in [6.45, 7) is 5.90. The molecule has 1 aliphatic rings. The molecule has 6 heteroatoms. The Labute approximate surface area is 137 Å². The minimum Gasteiger partial charge on any atom is -0.378 e. The van der Waals surface area contributed by atoms with Crippen LogP contribution in [0.15, 0.2) is 58.5 Å². The highest BCUT2D eigenvalue weighted by Gasteiger charge is 2.38. The zero-order chi connectivity index (χ0) is 16.9. The number of rotatable bonds is 8. The van der Waals surface area contributed by atoms with Crippen LogP contribution in [-0.2, 0) is 19.4 Å². The standard InChI is InChI=1S/C17H21NO4S/c1-3-18(4-2)12-8-11-16(17(19)15-13-22-15)23(20,21)14-9-6-5-7-10-14/h5-12,15H,3-4,13H2,1-2H3/b12-8+,16-11+. The maximum atomic E-state index is 12.7. The van der Waals surface area contributed by atoms with Crippen molar-refractivity contribution in [2.45, 2.75) is 24.8 Å². The average Bonchev–Trinajstić information content (AvgIpc) is 3.40. The Morgan fingerprint density at radius 2 is 1.87 bits per heavy atom. The number of hydrogen-bond donors (Lipinski definition) is 0. The maximum Gasteiger partial charge on any atom is 0.210 e. The molecule has 23 heavy (non-hydrogen) atoms. The number of Topliss-reactive ketones (excluding diaryl/α,β-unsaturated/α-hetero) is 1. The van der Waals surface area contributed by atoms with Crippen LogP contribution in [0, 0.1) is 0 Å². The van der Waals surface area contributed by atoms with E-state index in [1.807, 2.05) is 18.7 Å². The average molecular weight is 335 g/mol. The molecule has 5 nitrogen and oxygen atoms in total. The van der Waals surface area contributed by atoms with E-state index in [0.29, 0.717) is 0 Å². The Hall–Kier alpha value is -1.92. The first-order valence-electron chi connectivity index (χ1n) is 7.59. The molecule has 1 aromatic carbocycles. The van der Waals surface area contributed by atoms with Gasteiger partial charge in [0.2, 0.25) is 15.6 Å². The number of allylic oxidation sites excluding steroid dienone is 2. The number of nitrogens with zero attached hydrogens (tertiary/aromatic N) is 1. The van der Waals surface area contributed by atoms with Crippen molar-refractivity contribution < 1.29 is 17.9 Å². The quantitative estimate of drug-likeness (QED) is 0.414. The lowest BCUT2D eigenvalue weighted by Crippen LogP contribution is -2.19. The largest absolute Gasteiger partial charge is 0.378 e. The first-order chi connectivity index (χ1) is 11.0. The van der Waals surface area contributed by atoms with Crippen LogP contribution in [0.5, 0.6) is 0 Å². The van der Waals surface area contributed by atoms with Gasteiger partial charge in [-0.1, -0.05) is 18.2 Å². The van der Waals surface area contributed by atoms with Gasteiger partial charge in [0.05, 0.1) is 11.5 Å². The second kappa shape index (κ2) is 7.57. The first kappa shape index (κ1) is 17.4. The highest BCUT2D eigenvalue weighted by atomic mass is 32.2. The minimum atomic E-state index is -3.85. The molecule has 1 saturated heterocycles. The summed E-state index contributed by atoms with van der Waals surface area (Å²) >= 11 is 0. The van der Waals surface area contributed by atoms with Gasteiger partial charge in [0.25, 0.3) is 0 Å². The zero-order valence-electron chi connectivity index (χ0n) is 13.3. The van der Waals surface area contributed by atoms with Gasteiger partial charge >= 0.3 is 0 Å². The molecule has 0 radical (unpaired) electrons. The number of hydrogen-bond acceptors (Lipinski definition) is 5. The van der Waals surface area contributed by atoms with Gasteiger partial charge in [-0.15, -0.1) is 0 Å². The summed E-state index contributed by atoms with van der Waals surface area (Å²) in [6.07, 6.45) is 4.11. The normalized spacial score (nSPS) is 18.2. The summed E-state index contributed by atoms with van der Waals surface area (Å²) in [4.78, 5) is 14.2. The molecule has 0 aliphatic carbocycles. The summed E-state index contributed by atoms with van der Waals surface area (Å²) in [7, 11) is -3.85. The Balaban J connectivity index is 2.36. The molecule has 124 valence electrons. The van der Waals surface area contributed by atoms with E-state index in [1.165, 1.54) is 18.2 Å². The number of carbonyl (C=O) groups excluding carboxylic acids is 1. The molecule has 2 rings (SSSR count). The van der Waals surface area contributed by atoms with Crippen LogP contribution in [0.25, 0.3) is 0 Å². The van der Waals surface area contributed by atoms with Crippen molar-refractivity contribution in [1.82, 2.24) is 4.90 Å². The molecule has 0 aromatic heterocycles. The number of ether oxygens (including phenoxy) is 1. The van der Waals surface area contributed by atoms with Crippen LogP contribution >= 0.6 is 0 Å². The fourth-order valence-corrected chi connectivity index (χ4v) is 3.50. The summed E-state index contributed by atoms with van der Waals surface area (Å²) < 4.78 is 30.4. The molecule has 1 aliphatic heterocycles. The number of sulfone groups is 1. The van der Waals surface area contributed by atoms with Crippen LogP contribution in [0.2, 0.25) is 0 Å². The molecule has 0 spiro atoms. The fraction of sp³-hybridized carbons (Fsp3) is 0.353.